The molecule has 1 saturated carbocycles. The molecule has 0 unspecified atom stereocenters. The molecular formula is C16H25N3O4. The zero-order valence-corrected chi connectivity index (χ0v) is 13.3. The predicted molar refractivity (Wildman–Crippen MR) is 82.9 cm³/mol. The van der Waals surface area contributed by atoms with E-state index in [4.69, 9.17) is 4.74 Å². The van der Waals surface area contributed by atoms with Crippen LogP contribution in [-0.4, -0.2) is 63.2 Å². The van der Waals surface area contributed by atoms with Crippen LogP contribution >= 0.6 is 0 Å². The first-order valence-electron chi connectivity index (χ1n) is 8.65. The summed E-state index contributed by atoms with van der Waals surface area (Å²) in [5, 5.41) is 34.4. The van der Waals surface area contributed by atoms with Crippen molar-refractivity contribution in [2.75, 3.05) is 26.3 Å². The van der Waals surface area contributed by atoms with Crippen LogP contribution in [-0.2, 0) is 4.74 Å². The Morgan fingerprint density at radius 2 is 2.13 bits per heavy atom. The minimum absolute atomic E-state index is 0.222. The Kier molecular flexibility index (Phi) is 3.64. The van der Waals surface area contributed by atoms with Gasteiger partial charge in [-0.3, -0.25) is 10.7 Å². The number of hydrogen-bond acceptors (Lipinski definition) is 6. The standard InChI is InChI=1S/C16H25N3O4/c20-16-12-4-1-2-7-15(12,18-8-10-23-11-9-18)19(22)14(16)6-3-5-13(16)17-21/h5,12,17,20-21H,1-4,6-11H2/t12-,15+,16-/m0/s1. The molecule has 3 N–H and O–H groups in total. The fraction of sp³-hybridized carbons (Fsp3) is 0.812. The molecule has 0 spiro atoms. The first kappa shape index (κ1) is 15.4. The molecular weight excluding hydrogens is 298 g/mol. The van der Waals surface area contributed by atoms with Gasteiger partial charge in [-0.25, -0.2) is 4.90 Å². The molecule has 0 aromatic heterocycles. The van der Waals surface area contributed by atoms with E-state index in [2.05, 4.69) is 10.4 Å². The van der Waals surface area contributed by atoms with Crippen molar-refractivity contribution in [1.29, 1.82) is 0 Å². The van der Waals surface area contributed by atoms with Crippen LogP contribution in [0.5, 0.6) is 0 Å². The molecule has 2 aliphatic carbocycles. The first-order valence-corrected chi connectivity index (χ1v) is 8.65. The number of hydrogen-bond donors (Lipinski definition) is 3. The normalized spacial score (nSPS) is 41.3. The maximum atomic E-state index is 13.4. The predicted octanol–water partition coefficient (Wildman–Crippen LogP) is 0.558. The monoisotopic (exact) mass is 323 g/mol. The number of hydroxylamine groups is 2. The van der Waals surface area contributed by atoms with Crippen LogP contribution < -0.4 is 5.48 Å². The van der Waals surface area contributed by atoms with E-state index < -0.39 is 11.3 Å². The lowest BCUT2D eigenvalue weighted by Gasteiger charge is -2.48. The van der Waals surface area contributed by atoms with Gasteiger partial charge in [0.1, 0.15) is 0 Å². The Hall–Kier alpha value is -1.15. The summed E-state index contributed by atoms with van der Waals surface area (Å²) in [6.45, 7) is 2.67. The van der Waals surface area contributed by atoms with Gasteiger partial charge in [-0.05, 0) is 19.3 Å². The number of allylic oxidation sites excluding steroid dienone is 1. The molecule has 0 aromatic carbocycles. The first-order chi connectivity index (χ1) is 11.2. The van der Waals surface area contributed by atoms with Crippen LogP contribution in [0.15, 0.2) is 11.8 Å². The van der Waals surface area contributed by atoms with Crippen LogP contribution in [0.3, 0.4) is 0 Å². The number of nitrogens with zero attached hydrogens (tertiary/aromatic N) is 2. The van der Waals surface area contributed by atoms with Crippen molar-refractivity contribution in [3.05, 3.63) is 17.0 Å². The van der Waals surface area contributed by atoms with E-state index in [0.29, 0.717) is 50.6 Å². The van der Waals surface area contributed by atoms with Gasteiger partial charge < -0.3 is 15.1 Å². The maximum Gasteiger partial charge on any atom is 0.235 e. The van der Waals surface area contributed by atoms with Crippen molar-refractivity contribution in [2.45, 2.75) is 49.8 Å². The average molecular weight is 323 g/mol. The summed E-state index contributed by atoms with van der Waals surface area (Å²) in [6, 6.07) is 0. The van der Waals surface area contributed by atoms with Crippen LogP contribution in [0.4, 0.5) is 0 Å². The van der Waals surface area contributed by atoms with Crippen LogP contribution in [0.25, 0.3) is 0 Å². The minimum atomic E-state index is -1.37. The van der Waals surface area contributed by atoms with E-state index in [0.717, 1.165) is 30.4 Å². The number of morpholine rings is 1. The van der Waals surface area contributed by atoms with Gasteiger partial charge in [0, 0.05) is 25.9 Å². The Labute approximate surface area is 135 Å². The van der Waals surface area contributed by atoms with Gasteiger partial charge in [0.05, 0.1) is 24.8 Å². The Morgan fingerprint density at radius 3 is 2.87 bits per heavy atom. The fourth-order valence-corrected chi connectivity index (χ4v) is 5.25. The molecule has 0 amide bonds. The Balaban J connectivity index is 1.84. The second kappa shape index (κ2) is 5.44. The van der Waals surface area contributed by atoms with Crippen LogP contribution in [0.1, 0.15) is 38.5 Å². The second-order valence-corrected chi connectivity index (χ2v) is 7.05. The third kappa shape index (κ3) is 1.88. The summed E-state index contributed by atoms with van der Waals surface area (Å²) in [5.41, 5.74) is 0.987. The topological polar surface area (TPSA) is 91.0 Å². The van der Waals surface area contributed by atoms with E-state index >= 15 is 0 Å². The van der Waals surface area contributed by atoms with Gasteiger partial charge in [-0.2, -0.15) is 4.74 Å². The molecule has 4 aliphatic rings. The summed E-state index contributed by atoms with van der Waals surface area (Å²) < 4.78 is 6.57. The lowest BCUT2D eigenvalue weighted by atomic mass is 9.67. The number of aliphatic hydroxyl groups is 1. The van der Waals surface area contributed by atoms with Crippen molar-refractivity contribution < 1.29 is 19.8 Å². The number of ether oxygens (including phenoxy) is 1. The van der Waals surface area contributed by atoms with Crippen molar-refractivity contribution >= 4 is 5.71 Å². The largest absolute Gasteiger partial charge is 0.622 e. The van der Waals surface area contributed by atoms with Crippen LogP contribution in [0.2, 0.25) is 0 Å². The molecule has 0 aromatic rings. The second-order valence-electron chi connectivity index (χ2n) is 7.05. The molecule has 23 heavy (non-hydrogen) atoms. The van der Waals surface area contributed by atoms with Gasteiger partial charge in [-0.15, -0.1) is 0 Å². The Morgan fingerprint density at radius 1 is 1.35 bits per heavy atom. The fourth-order valence-electron chi connectivity index (χ4n) is 5.25. The molecule has 7 heteroatoms. The van der Waals surface area contributed by atoms with E-state index in [1.165, 1.54) is 0 Å². The summed E-state index contributed by atoms with van der Waals surface area (Å²) >= 11 is 0. The molecule has 4 rings (SSSR count). The highest BCUT2D eigenvalue weighted by Crippen LogP contribution is 2.53. The summed E-state index contributed by atoms with van der Waals surface area (Å²) in [7, 11) is 0. The minimum Gasteiger partial charge on any atom is -0.622 e. The summed E-state index contributed by atoms with van der Waals surface area (Å²) in [4.78, 5) is 2.21. The number of rotatable bonds is 2. The van der Waals surface area contributed by atoms with Gasteiger partial charge >= 0.3 is 0 Å². The molecule has 7 nitrogen and oxygen atoms in total. The van der Waals surface area contributed by atoms with E-state index in [1.54, 1.807) is 0 Å². The maximum absolute atomic E-state index is 13.4. The van der Waals surface area contributed by atoms with E-state index in [1.807, 2.05) is 6.08 Å². The number of fused-ring (bicyclic) bond motifs is 3. The molecule has 2 fully saturated rings. The summed E-state index contributed by atoms with van der Waals surface area (Å²) in [5.74, 6) is -0.222. The van der Waals surface area contributed by atoms with Crippen molar-refractivity contribution in [3.8, 4) is 0 Å². The average Bonchev–Trinajstić information content (AvgIpc) is 2.82. The lowest BCUT2D eigenvalue weighted by molar-refractivity contribution is -0.591. The van der Waals surface area contributed by atoms with Gasteiger partial charge in [0.25, 0.3) is 0 Å². The van der Waals surface area contributed by atoms with E-state index in [-0.39, 0.29) is 5.92 Å². The molecule has 128 valence electrons. The van der Waals surface area contributed by atoms with Gasteiger partial charge in [0.2, 0.25) is 11.4 Å². The SMILES string of the molecule is [O-][N+]1=C2CCC=C(NO)[C@@]2(O)[C@H]2CCCC[C@]21N1CCOCC1. The zero-order chi connectivity index (χ0) is 16.1. The van der Waals surface area contributed by atoms with Crippen molar-refractivity contribution in [1.82, 2.24) is 10.4 Å². The zero-order valence-electron chi connectivity index (χ0n) is 13.3. The quantitative estimate of drug-likeness (QED) is 0.391. The molecule has 1 saturated heterocycles. The molecule has 2 heterocycles. The molecule has 0 radical (unpaired) electrons. The number of nitrogens with one attached hydrogen (secondary N) is 1. The third-order valence-corrected chi connectivity index (χ3v) is 6.21. The molecule has 2 aliphatic heterocycles. The van der Waals surface area contributed by atoms with Crippen LogP contribution in [0, 0.1) is 11.1 Å². The third-order valence-electron chi connectivity index (χ3n) is 6.21. The highest BCUT2D eigenvalue weighted by atomic mass is 16.5. The summed E-state index contributed by atoms with van der Waals surface area (Å²) in [6.07, 6.45) is 6.56. The lowest BCUT2D eigenvalue weighted by Crippen LogP contribution is -2.64. The molecule has 3 atom stereocenters. The van der Waals surface area contributed by atoms with Crippen molar-refractivity contribution in [3.63, 3.8) is 0 Å². The smallest absolute Gasteiger partial charge is 0.235 e. The van der Waals surface area contributed by atoms with Gasteiger partial charge in [-0.1, -0.05) is 12.5 Å². The highest BCUT2D eigenvalue weighted by Gasteiger charge is 2.71. The Bertz CT molecular complexity index is 558. The van der Waals surface area contributed by atoms with E-state index in [9.17, 15) is 15.5 Å². The van der Waals surface area contributed by atoms with Crippen molar-refractivity contribution in [2.24, 2.45) is 5.92 Å². The highest BCUT2D eigenvalue weighted by molar-refractivity contribution is 5.94. The van der Waals surface area contributed by atoms with Gasteiger partial charge in [0.15, 0.2) is 5.60 Å². The molecule has 0 bridgehead atoms.